The summed E-state index contributed by atoms with van der Waals surface area (Å²) in [6.45, 7) is 5.29. The molecule has 1 unspecified atom stereocenters. The summed E-state index contributed by atoms with van der Waals surface area (Å²) in [5.74, 6) is 0.716. The highest BCUT2D eigenvalue weighted by atomic mass is 14.7. The highest BCUT2D eigenvalue weighted by molar-refractivity contribution is 5.93. The zero-order valence-corrected chi connectivity index (χ0v) is 6.80. The Morgan fingerprint density at radius 3 is 3.00 bits per heavy atom. The van der Waals surface area contributed by atoms with Gasteiger partial charge in [-0.3, -0.25) is 4.99 Å². The summed E-state index contributed by atoms with van der Waals surface area (Å²) in [7, 11) is 0. The average Bonchev–Trinajstić information content (AvgIpc) is 1.95. The summed E-state index contributed by atoms with van der Waals surface area (Å²) in [5.41, 5.74) is 1.17. The van der Waals surface area contributed by atoms with Crippen LogP contribution in [0.4, 0.5) is 0 Å². The van der Waals surface area contributed by atoms with Gasteiger partial charge in [0.25, 0.3) is 0 Å². The minimum absolute atomic E-state index is 0.716. The first kappa shape index (κ1) is 7.52. The second kappa shape index (κ2) is 3.55. The van der Waals surface area contributed by atoms with Gasteiger partial charge < -0.3 is 0 Å². The molecule has 0 saturated heterocycles. The fraction of sp³-hybridized carbons (Fsp3) is 0.667. The van der Waals surface area contributed by atoms with Crippen LogP contribution in [0.5, 0.6) is 0 Å². The molecular weight excluding hydrogens is 122 g/mol. The van der Waals surface area contributed by atoms with Crippen LogP contribution in [-0.2, 0) is 0 Å². The number of aliphatic imine (C=N–C) groups is 1. The van der Waals surface area contributed by atoms with E-state index in [-0.39, 0.29) is 0 Å². The molecule has 1 heterocycles. The van der Waals surface area contributed by atoms with Crippen LogP contribution in [0.25, 0.3) is 0 Å². The molecule has 1 aliphatic heterocycles. The van der Waals surface area contributed by atoms with Crippen molar-refractivity contribution in [2.45, 2.75) is 26.7 Å². The zero-order chi connectivity index (χ0) is 7.40. The van der Waals surface area contributed by atoms with Gasteiger partial charge in [-0.15, -0.1) is 0 Å². The van der Waals surface area contributed by atoms with Gasteiger partial charge in [0.05, 0.1) is 0 Å². The normalized spacial score (nSPS) is 24.6. The van der Waals surface area contributed by atoms with Gasteiger partial charge in [-0.2, -0.15) is 0 Å². The lowest BCUT2D eigenvalue weighted by Gasteiger charge is -2.12. The predicted octanol–water partition coefficient (Wildman–Crippen LogP) is 2.43. The van der Waals surface area contributed by atoms with Gasteiger partial charge in [-0.1, -0.05) is 19.4 Å². The fourth-order valence-electron chi connectivity index (χ4n) is 1.21. The lowest BCUT2D eigenvalue weighted by Crippen LogP contribution is -2.07. The van der Waals surface area contributed by atoms with E-state index < -0.39 is 0 Å². The van der Waals surface area contributed by atoms with Crippen molar-refractivity contribution in [1.82, 2.24) is 0 Å². The summed E-state index contributed by atoms with van der Waals surface area (Å²) < 4.78 is 0. The van der Waals surface area contributed by atoms with Crippen LogP contribution < -0.4 is 0 Å². The number of nitrogens with zero attached hydrogens (tertiary/aromatic N) is 1. The van der Waals surface area contributed by atoms with E-state index in [4.69, 9.17) is 0 Å². The van der Waals surface area contributed by atoms with Gasteiger partial charge in [0.15, 0.2) is 0 Å². The van der Waals surface area contributed by atoms with Crippen molar-refractivity contribution in [3.63, 3.8) is 0 Å². The van der Waals surface area contributed by atoms with Gasteiger partial charge in [0, 0.05) is 12.3 Å². The average molecular weight is 137 g/mol. The van der Waals surface area contributed by atoms with E-state index in [9.17, 15) is 0 Å². The third-order valence-corrected chi connectivity index (χ3v) is 1.84. The van der Waals surface area contributed by atoms with Crippen molar-refractivity contribution >= 4 is 5.71 Å². The molecule has 0 radical (unpaired) electrons. The van der Waals surface area contributed by atoms with E-state index in [1.54, 1.807) is 0 Å². The molecule has 1 heteroatoms. The van der Waals surface area contributed by atoms with Gasteiger partial charge in [0.2, 0.25) is 0 Å². The molecule has 1 rings (SSSR count). The molecule has 1 aliphatic rings. The van der Waals surface area contributed by atoms with Crippen LogP contribution >= 0.6 is 0 Å². The summed E-state index contributed by atoms with van der Waals surface area (Å²) in [4.78, 5) is 4.36. The van der Waals surface area contributed by atoms with Crippen molar-refractivity contribution < 1.29 is 0 Å². The van der Waals surface area contributed by atoms with Crippen molar-refractivity contribution in [3.8, 4) is 0 Å². The van der Waals surface area contributed by atoms with Crippen LogP contribution in [0.3, 0.4) is 0 Å². The minimum Gasteiger partial charge on any atom is -0.289 e. The van der Waals surface area contributed by atoms with Crippen molar-refractivity contribution in [2.24, 2.45) is 10.9 Å². The summed E-state index contributed by atoms with van der Waals surface area (Å²) in [6.07, 6.45) is 6.96. The molecule has 0 aromatic rings. The van der Waals surface area contributed by atoms with Crippen molar-refractivity contribution in [1.29, 1.82) is 0 Å². The summed E-state index contributed by atoms with van der Waals surface area (Å²) in [5, 5.41) is 0. The lowest BCUT2D eigenvalue weighted by molar-refractivity contribution is 0.588. The molecule has 1 nitrogen and oxygen atoms in total. The van der Waals surface area contributed by atoms with Gasteiger partial charge in [-0.05, 0) is 25.3 Å². The zero-order valence-electron chi connectivity index (χ0n) is 6.80. The molecular formula is C9H15N. The number of dihydropyridines is 1. The number of hydrogen-bond donors (Lipinski definition) is 0. The molecule has 0 aromatic carbocycles. The minimum atomic E-state index is 0.716. The quantitative estimate of drug-likeness (QED) is 0.554. The third kappa shape index (κ3) is 1.98. The van der Waals surface area contributed by atoms with Gasteiger partial charge >= 0.3 is 0 Å². The summed E-state index contributed by atoms with van der Waals surface area (Å²) in [6, 6.07) is 0. The Hall–Kier alpha value is -0.590. The van der Waals surface area contributed by atoms with Crippen LogP contribution in [-0.4, -0.2) is 12.3 Å². The number of allylic oxidation sites excluding steroid dienone is 1. The maximum atomic E-state index is 4.36. The van der Waals surface area contributed by atoms with E-state index >= 15 is 0 Å². The van der Waals surface area contributed by atoms with Gasteiger partial charge in [-0.25, -0.2) is 0 Å². The van der Waals surface area contributed by atoms with Crippen LogP contribution in [0.1, 0.15) is 26.7 Å². The first-order valence-electron chi connectivity index (χ1n) is 4.02. The maximum Gasteiger partial charge on any atom is 0.0455 e. The van der Waals surface area contributed by atoms with Gasteiger partial charge in [0.1, 0.15) is 0 Å². The molecule has 10 heavy (non-hydrogen) atoms. The standard InChI is InChI=1S/C9H15N/c1-3-4-9-6-5-8(2)10-7-9/h5-6,9H,3-4,7H2,1-2H3. The SMILES string of the molecule is CCCC1C=CC(C)=NC1. The van der Waals surface area contributed by atoms with E-state index in [1.807, 2.05) is 0 Å². The topological polar surface area (TPSA) is 12.4 Å². The number of hydrogen-bond acceptors (Lipinski definition) is 1. The smallest absolute Gasteiger partial charge is 0.0455 e. The molecule has 56 valence electrons. The Labute approximate surface area is 62.9 Å². The first-order chi connectivity index (χ1) is 4.83. The first-order valence-corrected chi connectivity index (χ1v) is 4.02. The second-order valence-electron chi connectivity index (χ2n) is 2.89. The monoisotopic (exact) mass is 137 g/mol. The maximum absolute atomic E-state index is 4.36. The molecule has 1 atom stereocenters. The highest BCUT2D eigenvalue weighted by Gasteiger charge is 2.05. The van der Waals surface area contributed by atoms with E-state index in [0.29, 0.717) is 5.92 Å². The molecule has 0 fully saturated rings. The fourth-order valence-corrected chi connectivity index (χ4v) is 1.21. The van der Waals surface area contributed by atoms with Crippen molar-refractivity contribution in [2.75, 3.05) is 6.54 Å². The van der Waals surface area contributed by atoms with E-state index in [1.165, 1.54) is 18.6 Å². The third-order valence-electron chi connectivity index (χ3n) is 1.84. The van der Waals surface area contributed by atoms with E-state index in [2.05, 4.69) is 31.0 Å². The van der Waals surface area contributed by atoms with Crippen LogP contribution in [0.2, 0.25) is 0 Å². The molecule has 0 aliphatic carbocycles. The Balaban J connectivity index is 2.37. The number of rotatable bonds is 2. The van der Waals surface area contributed by atoms with Crippen molar-refractivity contribution in [3.05, 3.63) is 12.2 Å². The Bertz CT molecular complexity index is 156. The molecule has 0 amide bonds. The molecule has 0 aromatic heterocycles. The highest BCUT2D eigenvalue weighted by Crippen LogP contribution is 2.12. The van der Waals surface area contributed by atoms with Crippen LogP contribution in [0, 0.1) is 5.92 Å². The predicted molar refractivity (Wildman–Crippen MR) is 45.5 cm³/mol. The summed E-state index contributed by atoms with van der Waals surface area (Å²) >= 11 is 0. The Kier molecular flexibility index (Phi) is 2.67. The van der Waals surface area contributed by atoms with E-state index in [0.717, 1.165) is 6.54 Å². The Morgan fingerprint density at radius 2 is 2.50 bits per heavy atom. The molecule has 0 spiro atoms. The van der Waals surface area contributed by atoms with Crippen LogP contribution in [0.15, 0.2) is 17.1 Å². The molecule has 0 N–H and O–H groups in total. The molecule has 0 bridgehead atoms. The second-order valence-corrected chi connectivity index (χ2v) is 2.89. The lowest BCUT2D eigenvalue weighted by atomic mass is 10.0. The molecule has 0 saturated carbocycles. The Morgan fingerprint density at radius 1 is 1.70 bits per heavy atom. The largest absolute Gasteiger partial charge is 0.289 e.